The largest absolute Gasteiger partial charge is 0.468 e. The Hall–Kier alpha value is -1.19. The Balaban J connectivity index is 2.15. The normalized spacial score (nSPS) is 10.3. The summed E-state index contributed by atoms with van der Waals surface area (Å²) in [5, 5.41) is 0.486. The summed E-state index contributed by atoms with van der Waals surface area (Å²) >= 11 is 7.46. The van der Waals surface area contributed by atoms with E-state index in [1.54, 1.807) is 12.3 Å². The van der Waals surface area contributed by atoms with Gasteiger partial charge in [0.25, 0.3) is 0 Å². The zero-order valence-corrected chi connectivity index (χ0v) is 9.92. The molecule has 0 amide bonds. The number of aldehydes is 1. The number of furan rings is 1. The molecule has 0 atom stereocenters. The monoisotopic (exact) mass is 252 g/mol. The van der Waals surface area contributed by atoms with E-state index < -0.39 is 0 Å². The molecule has 0 N–H and O–H groups in total. The second-order valence-electron chi connectivity index (χ2n) is 3.14. The molecular formula is C12H9ClO2S. The molecule has 0 spiro atoms. The quantitative estimate of drug-likeness (QED) is 0.608. The topological polar surface area (TPSA) is 30.2 Å². The molecule has 0 aliphatic carbocycles. The third-order valence-electron chi connectivity index (χ3n) is 2.08. The van der Waals surface area contributed by atoms with Gasteiger partial charge in [-0.05, 0) is 24.3 Å². The molecule has 0 unspecified atom stereocenters. The Morgan fingerprint density at radius 2 is 2.19 bits per heavy atom. The van der Waals surface area contributed by atoms with Crippen LogP contribution in [0, 0.1) is 0 Å². The molecule has 1 aromatic carbocycles. The predicted molar refractivity (Wildman–Crippen MR) is 65.1 cm³/mol. The lowest BCUT2D eigenvalue weighted by molar-refractivity contribution is 0.112. The van der Waals surface area contributed by atoms with Crippen molar-refractivity contribution < 1.29 is 9.21 Å². The lowest BCUT2D eigenvalue weighted by atomic mass is 10.2. The summed E-state index contributed by atoms with van der Waals surface area (Å²) in [6.07, 6.45) is 2.42. The fraction of sp³-hybridized carbons (Fsp3) is 0.0833. The molecule has 0 aliphatic heterocycles. The smallest absolute Gasteiger partial charge is 0.152 e. The summed E-state index contributed by atoms with van der Waals surface area (Å²) in [6.45, 7) is 0. The first-order valence-electron chi connectivity index (χ1n) is 4.70. The number of benzene rings is 1. The minimum absolute atomic E-state index is 0.486. The minimum atomic E-state index is 0.486. The van der Waals surface area contributed by atoms with Gasteiger partial charge in [0.05, 0.1) is 17.0 Å². The third-order valence-corrected chi connectivity index (χ3v) is 3.51. The Morgan fingerprint density at radius 3 is 2.88 bits per heavy atom. The molecule has 4 heteroatoms. The number of halogens is 1. The first-order valence-corrected chi connectivity index (χ1v) is 6.06. The summed E-state index contributed by atoms with van der Waals surface area (Å²) in [7, 11) is 0. The Labute approximate surface area is 103 Å². The molecule has 1 aromatic heterocycles. The van der Waals surface area contributed by atoms with E-state index in [9.17, 15) is 4.79 Å². The molecule has 2 aromatic rings. The van der Waals surface area contributed by atoms with Crippen molar-refractivity contribution in [3.05, 3.63) is 52.9 Å². The zero-order valence-electron chi connectivity index (χ0n) is 8.35. The predicted octanol–water partition coefficient (Wildman–Crippen LogP) is 4.04. The van der Waals surface area contributed by atoms with Gasteiger partial charge in [-0.15, -0.1) is 11.8 Å². The average Bonchev–Trinajstić information content (AvgIpc) is 2.79. The zero-order chi connectivity index (χ0) is 11.4. The van der Waals surface area contributed by atoms with Crippen LogP contribution in [0.5, 0.6) is 0 Å². The van der Waals surface area contributed by atoms with Gasteiger partial charge >= 0.3 is 0 Å². The van der Waals surface area contributed by atoms with E-state index in [2.05, 4.69) is 0 Å². The summed E-state index contributed by atoms with van der Waals surface area (Å²) in [5.41, 5.74) is 0.542. The molecule has 0 radical (unpaired) electrons. The van der Waals surface area contributed by atoms with Crippen LogP contribution < -0.4 is 0 Å². The van der Waals surface area contributed by atoms with Crippen LogP contribution in [0.2, 0.25) is 5.02 Å². The molecule has 0 fully saturated rings. The van der Waals surface area contributed by atoms with E-state index in [1.807, 2.05) is 24.3 Å². The van der Waals surface area contributed by atoms with Crippen molar-refractivity contribution in [1.29, 1.82) is 0 Å². The van der Waals surface area contributed by atoms with E-state index in [4.69, 9.17) is 16.0 Å². The molecule has 2 nitrogen and oxygen atoms in total. The molecule has 16 heavy (non-hydrogen) atoms. The van der Waals surface area contributed by atoms with Gasteiger partial charge in [0.15, 0.2) is 6.29 Å². The van der Waals surface area contributed by atoms with E-state index in [-0.39, 0.29) is 0 Å². The number of carbonyl (C=O) groups excluding carboxylic acids is 1. The number of rotatable bonds is 4. The summed E-state index contributed by atoms with van der Waals surface area (Å²) in [4.78, 5) is 11.8. The maximum atomic E-state index is 10.9. The molecule has 0 bridgehead atoms. The van der Waals surface area contributed by atoms with Gasteiger partial charge in [-0.2, -0.15) is 0 Å². The number of carbonyl (C=O) groups is 1. The van der Waals surface area contributed by atoms with Crippen LogP contribution in [0.25, 0.3) is 0 Å². The molecule has 1 heterocycles. The molecule has 0 saturated carbocycles. The lowest BCUT2D eigenvalue weighted by Gasteiger charge is -2.04. The molecule has 0 saturated heterocycles. The van der Waals surface area contributed by atoms with E-state index >= 15 is 0 Å². The van der Waals surface area contributed by atoms with E-state index in [0.717, 1.165) is 16.9 Å². The maximum Gasteiger partial charge on any atom is 0.152 e. The van der Waals surface area contributed by atoms with Crippen molar-refractivity contribution in [2.75, 3.05) is 0 Å². The van der Waals surface area contributed by atoms with Gasteiger partial charge < -0.3 is 4.42 Å². The highest BCUT2D eigenvalue weighted by molar-refractivity contribution is 7.98. The van der Waals surface area contributed by atoms with Gasteiger partial charge in [0, 0.05) is 10.5 Å². The Bertz CT molecular complexity index is 480. The van der Waals surface area contributed by atoms with Gasteiger partial charge in [-0.1, -0.05) is 17.7 Å². The van der Waals surface area contributed by atoms with Crippen molar-refractivity contribution in [1.82, 2.24) is 0 Å². The van der Waals surface area contributed by atoms with Crippen LogP contribution in [0.15, 0.2) is 45.9 Å². The highest BCUT2D eigenvalue weighted by Gasteiger charge is 2.07. The van der Waals surface area contributed by atoms with Gasteiger partial charge in [-0.3, -0.25) is 4.79 Å². The third kappa shape index (κ3) is 2.49. The molecular weight excluding hydrogens is 244 g/mol. The van der Waals surface area contributed by atoms with Crippen LogP contribution in [0.4, 0.5) is 0 Å². The van der Waals surface area contributed by atoms with Gasteiger partial charge in [-0.25, -0.2) is 0 Å². The van der Waals surface area contributed by atoms with Crippen molar-refractivity contribution in [2.45, 2.75) is 10.6 Å². The van der Waals surface area contributed by atoms with Crippen LogP contribution in [-0.4, -0.2) is 6.29 Å². The van der Waals surface area contributed by atoms with Crippen molar-refractivity contribution in [3.8, 4) is 0 Å². The van der Waals surface area contributed by atoms with E-state index in [1.165, 1.54) is 11.8 Å². The Kier molecular flexibility index (Phi) is 3.70. The van der Waals surface area contributed by atoms with Crippen molar-refractivity contribution in [3.63, 3.8) is 0 Å². The average molecular weight is 253 g/mol. The number of hydrogen-bond acceptors (Lipinski definition) is 3. The second kappa shape index (κ2) is 5.23. The Morgan fingerprint density at radius 1 is 1.31 bits per heavy atom. The molecule has 2 rings (SSSR count). The van der Waals surface area contributed by atoms with Crippen molar-refractivity contribution in [2.24, 2.45) is 0 Å². The van der Waals surface area contributed by atoms with Crippen LogP contribution in [0.3, 0.4) is 0 Å². The summed E-state index contributed by atoms with van der Waals surface area (Å²) in [6, 6.07) is 9.16. The fourth-order valence-corrected chi connectivity index (χ4v) is 2.53. The SMILES string of the molecule is O=Cc1c(Cl)cccc1SCc1ccco1. The van der Waals surface area contributed by atoms with Crippen molar-refractivity contribution >= 4 is 29.6 Å². The number of hydrogen-bond donors (Lipinski definition) is 0. The molecule has 82 valence electrons. The first kappa shape index (κ1) is 11.3. The summed E-state index contributed by atoms with van der Waals surface area (Å²) < 4.78 is 5.22. The summed E-state index contributed by atoms with van der Waals surface area (Å²) in [5.74, 6) is 1.57. The minimum Gasteiger partial charge on any atom is -0.468 e. The van der Waals surface area contributed by atoms with Crippen LogP contribution >= 0.6 is 23.4 Å². The second-order valence-corrected chi connectivity index (χ2v) is 4.56. The fourth-order valence-electron chi connectivity index (χ4n) is 1.30. The van der Waals surface area contributed by atoms with Crippen LogP contribution in [0.1, 0.15) is 16.1 Å². The van der Waals surface area contributed by atoms with Crippen LogP contribution in [-0.2, 0) is 5.75 Å². The van der Waals surface area contributed by atoms with E-state index in [0.29, 0.717) is 16.3 Å². The standard InChI is InChI=1S/C12H9ClO2S/c13-11-4-1-5-12(10(11)7-14)16-8-9-3-2-6-15-9/h1-7H,8H2. The highest BCUT2D eigenvalue weighted by Crippen LogP contribution is 2.29. The lowest BCUT2D eigenvalue weighted by Crippen LogP contribution is -1.87. The van der Waals surface area contributed by atoms with Gasteiger partial charge in [0.1, 0.15) is 5.76 Å². The molecule has 0 aliphatic rings. The first-order chi connectivity index (χ1) is 7.81. The highest BCUT2D eigenvalue weighted by atomic mass is 35.5. The number of thioether (sulfide) groups is 1. The van der Waals surface area contributed by atoms with Gasteiger partial charge in [0.2, 0.25) is 0 Å². The maximum absolute atomic E-state index is 10.9.